The van der Waals surface area contributed by atoms with Gasteiger partial charge in [0.1, 0.15) is 0 Å². The lowest BCUT2D eigenvalue weighted by molar-refractivity contribution is -0.143. The molecule has 4 nitrogen and oxygen atoms in total. The van der Waals surface area contributed by atoms with Crippen LogP contribution in [0.4, 0.5) is 0 Å². The van der Waals surface area contributed by atoms with Crippen molar-refractivity contribution in [1.29, 1.82) is 0 Å². The maximum Gasteiger partial charge on any atom is 0.306 e. The topological polar surface area (TPSA) is 73.3 Å². The average Bonchev–Trinajstić information content (AvgIpc) is 2.66. The smallest absolute Gasteiger partial charge is 0.306 e. The van der Waals surface area contributed by atoms with E-state index in [1.807, 2.05) is 25.1 Å². The number of fused-ring (bicyclic) bond motifs is 3. The predicted molar refractivity (Wildman–Crippen MR) is 67.4 cm³/mol. The first-order valence-corrected chi connectivity index (χ1v) is 6.08. The number of aromatic nitrogens is 1. The Kier molecular flexibility index (Phi) is 2.41. The fraction of sp³-hybridized carbons (Fsp3) is 0.357. The zero-order valence-corrected chi connectivity index (χ0v) is 10.1. The van der Waals surface area contributed by atoms with Crippen LogP contribution in [0, 0.1) is 12.8 Å². The minimum atomic E-state index is -0.838. The van der Waals surface area contributed by atoms with Gasteiger partial charge in [-0.25, -0.2) is 0 Å². The second kappa shape index (κ2) is 3.85. The third kappa shape index (κ3) is 1.61. The molecular weight excluding hydrogens is 230 g/mol. The summed E-state index contributed by atoms with van der Waals surface area (Å²) in [7, 11) is 0. The van der Waals surface area contributed by atoms with E-state index >= 15 is 0 Å². The summed E-state index contributed by atoms with van der Waals surface area (Å²) >= 11 is 0. The van der Waals surface area contributed by atoms with Gasteiger partial charge >= 0.3 is 5.97 Å². The van der Waals surface area contributed by atoms with E-state index in [0.29, 0.717) is 12.8 Å². The molecule has 4 heteroatoms. The molecule has 0 fully saturated rings. The summed E-state index contributed by atoms with van der Waals surface area (Å²) in [6.45, 7) is 2.01. The first-order valence-electron chi connectivity index (χ1n) is 6.08. The van der Waals surface area contributed by atoms with Crippen molar-refractivity contribution in [3.8, 4) is 0 Å². The molecule has 0 spiro atoms. The number of carbonyl (C=O) groups is 1. The van der Waals surface area contributed by atoms with Crippen LogP contribution in [0.25, 0.3) is 10.9 Å². The predicted octanol–water partition coefficient (Wildman–Crippen LogP) is 2.16. The van der Waals surface area contributed by atoms with E-state index in [9.17, 15) is 9.90 Å². The van der Waals surface area contributed by atoms with Gasteiger partial charge < -0.3 is 15.2 Å². The van der Waals surface area contributed by atoms with Gasteiger partial charge in [-0.05, 0) is 25.5 Å². The number of aliphatic hydroxyl groups is 1. The number of benzene rings is 1. The van der Waals surface area contributed by atoms with Gasteiger partial charge in [-0.15, -0.1) is 0 Å². The van der Waals surface area contributed by atoms with E-state index in [-0.39, 0.29) is 0 Å². The second-order valence-electron chi connectivity index (χ2n) is 5.06. The quantitative estimate of drug-likeness (QED) is 0.720. The van der Waals surface area contributed by atoms with E-state index in [4.69, 9.17) is 5.11 Å². The molecule has 1 heterocycles. The molecule has 3 rings (SSSR count). The lowest BCUT2D eigenvalue weighted by Crippen LogP contribution is -2.24. The highest BCUT2D eigenvalue weighted by atomic mass is 16.4. The summed E-state index contributed by atoms with van der Waals surface area (Å²) in [5.74, 6) is -1.34. The summed E-state index contributed by atoms with van der Waals surface area (Å²) < 4.78 is 0. The van der Waals surface area contributed by atoms with Gasteiger partial charge in [0.15, 0.2) is 0 Å². The third-order valence-electron chi connectivity index (χ3n) is 3.72. The molecule has 18 heavy (non-hydrogen) atoms. The molecule has 0 bridgehead atoms. The molecule has 2 atom stereocenters. The monoisotopic (exact) mass is 245 g/mol. The molecule has 0 amide bonds. The molecule has 1 aliphatic carbocycles. The Morgan fingerprint density at radius 3 is 2.94 bits per heavy atom. The molecular formula is C14H15NO3. The first kappa shape index (κ1) is 11.3. The molecule has 94 valence electrons. The molecule has 2 aromatic rings. The average molecular weight is 245 g/mol. The van der Waals surface area contributed by atoms with Crippen LogP contribution in [0.15, 0.2) is 18.2 Å². The molecule has 1 aromatic heterocycles. The SMILES string of the molecule is Cc1ccc2[nH]c3c(c2c1)C(O)CC(C(=O)O)C3. The van der Waals surface area contributed by atoms with Crippen molar-refractivity contribution in [3.63, 3.8) is 0 Å². The van der Waals surface area contributed by atoms with E-state index in [2.05, 4.69) is 4.98 Å². The number of hydrogen-bond donors (Lipinski definition) is 3. The Morgan fingerprint density at radius 1 is 1.44 bits per heavy atom. The van der Waals surface area contributed by atoms with Crippen molar-refractivity contribution in [3.05, 3.63) is 35.0 Å². The van der Waals surface area contributed by atoms with Crippen LogP contribution in [-0.4, -0.2) is 21.2 Å². The highest BCUT2D eigenvalue weighted by Crippen LogP contribution is 2.38. The third-order valence-corrected chi connectivity index (χ3v) is 3.72. The standard InChI is InChI=1S/C14H15NO3/c1-7-2-3-10-9(4-7)13-11(15-10)5-8(14(17)18)6-12(13)16/h2-4,8,12,15-16H,5-6H2,1H3,(H,17,18). The van der Waals surface area contributed by atoms with E-state index < -0.39 is 18.0 Å². The van der Waals surface area contributed by atoms with Crippen molar-refractivity contribution >= 4 is 16.9 Å². The van der Waals surface area contributed by atoms with E-state index in [1.54, 1.807) is 0 Å². The fourth-order valence-corrected chi connectivity index (χ4v) is 2.83. The van der Waals surface area contributed by atoms with Gasteiger partial charge in [-0.2, -0.15) is 0 Å². The lowest BCUT2D eigenvalue weighted by Gasteiger charge is -2.23. The number of hydrogen-bond acceptors (Lipinski definition) is 2. The number of aliphatic hydroxyl groups excluding tert-OH is 1. The largest absolute Gasteiger partial charge is 0.481 e. The normalized spacial score (nSPS) is 23.0. The summed E-state index contributed by atoms with van der Waals surface area (Å²) in [5.41, 5.74) is 3.85. The molecule has 1 aromatic carbocycles. The minimum Gasteiger partial charge on any atom is -0.481 e. The minimum absolute atomic E-state index is 0.295. The molecule has 1 aliphatic rings. The van der Waals surface area contributed by atoms with Crippen molar-refractivity contribution in [2.45, 2.75) is 25.9 Å². The zero-order chi connectivity index (χ0) is 12.9. The Balaban J connectivity index is 2.16. The van der Waals surface area contributed by atoms with Gasteiger partial charge in [0.25, 0.3) is 0 Å². The first-order chi connectivity index (χ1) is 8.56. The maximum absolute atomic E-state index is 11.1. The number of carboxylic acids is 1. The molecule has 0 saturated carbocycles. The van der Waals surface area contributed by atoms with Gasteiger partial charge in [0.2, 0.25) is 0 Å². The van der Waals surface area contributed by atoms with E-state index in [1.165, 1.54) is 0 Å². The van der Waals surface area contributed by atoms with Gasteiger partial charge in [0.05, 0.1) is 12.0 Å². The van der Waals surface area contributed by atoms with Crippen molar-refractivity contribution in [1.82, 2.24) is 4.98 Å². The Bertz CT molecular complexity index is 629. The number of nitrogens with one attached hydrogen (secondary N) is 1. The van der Waals surface area contributed by atoms with Crippen LogP contribution in [0.1, 0.15) is 29.3 Å². The number of aryl methyl sites for hydroxylation is 1. The molecule has 3 N–H and O–H groups in total. The molecule has 0 radical (unpaired) electrons. The van der Waals surface area contributed by atoms with Crippen LogP contribution >= 0.6 is 0 Å². The lowest BCUT2D eigenvalue weighted by atomic mass is 9.85. The van der Waals surface area contributed by atoms with Crippen LogP contribution in [0.3, 0.4) is 0 Å². The number of aromatic amines is 1. The second-order valence-corrected chi connectivity index (χ2v) is 5.06. The van der Waals surface area contributed by atoms with Gasteiger partial charge in [-0.3, -0.25) is 4.79 Å². The van der Waals surface area contributed by atoms with Crippen LogP contribution in [0.5, 0.6) is 0 Å². The Hall–Kier alpha value is -1.81. The van der Waals surface area contributed by atoms with Crippen LogP contribution < -0.4 is 0 Å². The number of carboxylic acid groups (broad SMARTS) is 1. The van der Waals surface area contributed by atoms with Crippen LogP contribution in [0.2, 0.25) is 0 Å². The van der Waals surface area contributed by atoms with E-state index in [0.717, 1.165) is 27.7 Å². The molecule has 0 aliphatic heterocycles. The summed E-state index contributed by atoms with van der Waals surface area (Å²) in [6, 6.07) is 6.02. The molecule has 2 unspecified atom stereocenters. The Morgan fingerprint density at radius 2 is 2.22 bits per heavy atom. The van der Waals surface area contributed by atoms with Gasteiger partial charge in [-0.1, -0.05) is 11.6 Å². The summed E-state index contributed by atoms with van der Waals surface area (Å²) in [5, 5.41) is 20.3. The number of rotatable bonds is 1. The zero-order valence-electron chi connectivity index (χ0n) is 10.1. The highest BCUT2D eigenvalue weighted by Gasteiger charge is 2.32. The highest BCUT2D eigenvalue weighted by molar-refractivity contribution is 5.86. The van der Waals surface area contributed by atoms with Crippen molar-refractivity contribution < 1.29 is 15.0 Å². The fourth-order valence-electron chi connectivity index (χ4n) is 2.83. The van der Waals surface area contributed by atoms with Crippen molar-refractivity contribution in [2.75, 3.05) is 0 Å². The van der Waals surface area contributed by atoms with Crippen molar-refractivity contribution in [2.24, 2.45) is 5.92 Å². The summed E-state index contributed by atoms with van der Waals surface area (Å²) in [6.07, 6.45) is 0.0731. The number of aliphatic carboxylic acids is 1. The Labute approximate surface area is 104 Å². The van der Waals surface area contributed by atoms with Gasteiger partial charge in [0, 0.05) is 28.6 Å². The maximum atomic E-state index is 11.1. The number of H-pyrrole nitrogens is 1. The summed E-state index contributed by atoms with van der Waals surface area (Å²) in [4.78, 5) is 14.3. The molecule has 0 saturated heterocycles. The van der Waals surface area contributed by atoms with Crippen LogP contribution in [-0.2, 0) is 11.2 Å².